The number of aromatic hydroxyl groups is 1. The number of non-ortho nitro benzene ring substituents is 1. The molecule has 1 aliphatic heterocycles. The van der Waals surface area contributed by atoms with Crippen LogP contribution in [-0.2, 0) is 0 Å². The van der Waals surface area contributed by atoms with E-state index in [1.165, 1.54) is 24.4 Å². The smallest absolute Gasteiger partial charge is 0.275 e. The standard InChI is InChI=1S/C23H22N4O4/c28-22-14-17-7-3-2-6-16(17)13-20(22)23(29)25-24-15-18-12-19(27(30)31)8-9-21(18)26-10-4-1-5-11-26/h2-3,6-9,12-15,28H,1,4-5,10-11H2,(H,25,29)/b24-15-. The normalized spacial score (nSPS) is 14.1. The van der Waals surface area contributed by atoms with Crippen molar-refractivity contribution < 1.29 is 14.8 Å². The Hall–Kier alpha value is -3.94. The number of phenolic OH excluding ortho intramolecular Hbond substituents is 1. The molecule has 1 saturated heterocycles. The van der Waals surface area contributed by atoms with Crippen LogP contribution in [0.3, 0.4) is 0 Å². The van der Waals surface area contributed by atoms with E-state index >= 15 is 0 Å². The Bertz CT molecular complexity index is 1170. The lowest BCUT2D eigenvalue weighted by molar-refractivity contribution is -0.384. The number of hydrogen-bond donors (Lipinski definition) is 2. The van der Waals surface area contributed by atoms with Crippen LogP contribution in [0, 0.1) is 10.1 Å². The molecule has 8 nitrogen and oxygen atoms in total. The number of nitro benzene ring substituents is 1. The van der Waals surface area contributed by atoms with Gasteiger partial charge in [-0.2, -0.15) is 5.10 Å². The third kappa shape index (κ3) is 4.48. The molecular formula is C23H22N4O4. The number of hydrazone groups is 1. The molecule has 0 saturated carbocycles. The van der Waals surface area contributed by atoms with Crippen molar-refractivity contribution in [1.29, 1.82) is 0 Å². The summed E-state index contributed by atoms with van der Waals surface area (Å²) in [5, 5.41) is 27.1. The maximum Gasteiger partial charge on any atom is 0.275 e. The van der Waals surface area contributed by atoms with Crippen molar-refractivity contribution in [3.63, 3.8) is 0 Å². The van der Waals surface area contributed by atoms with Gasteiger partial charge in [-0.25, -0.2) is 5.43 Å². The summed E-state index contributed by atoms with van der Waals surface area (Å²) in [6.07, 6.45) is 4.70. The minimum Gasteiger partial charge on any atom is -0.507 e. The van der Waals surface area contributed by atoms with Crippen LogP contribution in [0.2, 0.25) is 0 Å². The molecule has 31 heavy (non-hydrogen) atoms. The van der Waals surface area contributed by atoms with Gasteiger partial charge >= 0.3 is 0 Å². The highest BCUT2D eigenvalue weighted by Crippen LogP contribution is 2.27. The molecule has 1 aliphatic rings. The molecule has 4 rings (SSSR count). The summed E-state index contributed by atoms with van der Waals surface area (Å²) in [5.41, 5.74) is 3.87. The molecule has 1 fully saturated rings. The molecule has 0 bridgehead atoms. The number of nitrogens with zero attached hydrogens (tertiary/aromatic N) is 3. The van der Waals surface area contributed by atoms with E-state index in [0.717, 1.165) is 48.8 Å². The highest BCUT2D eigenvalue weighted by molar-refractivity contribution is 6.02. The van der Waals surface area contributed by atoms with Crippen LogP contribution in [0.5, 0.6) is 5.75 Å². The number of phenols is 1. The zero-order valence-corrected chi connectivity index (χ0v) is 16.8. The quantitative estimate of drug-likeness (QED) is 0.367. The topological polar surface area (TPSA) is 108 Å². The number of nitro groups is 1. The molecule has 0 aliphatic carbocycles. The van der Waals surface area contributed by atoms with Crippen molar-refractivity contribution in [3.8, 4) is 5.75 Å². The average molecular weight is 418 g/mol. The molecule has 0 radical (unpaired) electrons. The number of carbonyl (C=O) groups excluding carboxylic acids is 1. The predicted octanol–water partition coefficient (Wildman–Crippen LogP) is 4.21. The van der Waals surface area contributed by atoms with Crippen LogP contribution in [0.1, 0.15) is 35.2 Å². The summed E-state index contributed by atoms with van der Waals surface area (Å²) in [5.74, 6) is -0.708. The van der Waals surface area contributed by atoms with E-state index in [4.69, 9.17) is 0 Å². The van der Waals surface area contributed by atoms with Crippen molar-refractivity contribution >= 4 is 34.3 Å². The van der Waals surface area contributed by atoms with Crippen LogP contribution in [0.4, 0.5) is 11.4 Å². The number of rotatable bonds is 5. The summed E-state index contributed by atoms with van der Waals surface area (Å²) in [6.45, 7) is 1.74. The van der Waals surface area contributed by atoms with Gasteiger partial charge in [-0.1, -0.05) is 24.3 Å². The first-order valence-electron chi connectivity index (χ1n) is 10.1. The zero-order valence-electron chi connectivity index (χ0n) is 16.8. The van der Waals surface area contributed by atoms with E-state index in [-0.39, 0.29) is 17.0 Å². The Labute approximate surface area is 179 Å². The second kappa shape index (κ2) is 8.83. The van der Waals surface area contributed by atoms with Gasteiger partial charge in [0, 0.05) is 36.5 Å². The highest BCUT2D eigenvalue weighted by Gasteiger charge is 2.17. The first-order chi connectivity index (χ1) is 15.0. The molecule has 3 aromatic rings. The highest BCUT2D eigenvalue weighted by atomic mass is 16.6. The summed E-state index contributed by atoms with van der Waals surface area (Å²) in [6, 6.07) is 15.2. The SMILES string of the molecule is O=C(N/N=C\c1cc([N+](=O)[O-])ccc1N1CCCCC1)c1cc2ccccc2cc1O. The number of anilines is 1. The first-order valence-corrected chi connectivity index (χ1v) is 10.1. The van der Waals surface area contributed by atoms with Gasteiger partial charge in [0.05, 0.1) is 16.7 Å². The van der Waals surface area contributed by atoms with Crippen molar-refractivity contribution in [2.75, 3.05) is 18.0 Å². The van der Waals surface area contributed by atoms with Crippen molar-refractivity contribution in [2.45, 2.75) is 19.3 Å². The van der Waals surface area contributed by atoms with E-state index in [1.54, 1.807) is 12.1 Å². The fraction of sp³-hybridized carbons (Fsp3) is 0.217. The molecule has 0 aromatic heterocycles. The van der Waals surface area contributed by atoms with E-state index in [2.05, 4.69) is 15.4 Å². The monoisotopic (exact) mass is 418 g/mol. The Morgan fingerprint density at radius 3 is 2.48 bits per heavy atom. The van der Waals surface area contributed by atoms with Crippen LogP contribution in [-0.4, -0.2) is 35.2 Å². The Kier molecular flexibility index (Phi) is 5.79. The van der Waals surface area contributed by atoms with Crippen LogP contribution in [0.25, 0.3) is 10.8 Å². The predicted molar refractivity (Wildman–Crippen MR) is 120 cm³/mol. The van der Waals surface area contributed by atoms with E-state index < -0.39 is 10.8 Å². The third-order valence-corrected chi connectivity index (χ3v) is 5.40. The number of nitrogens with one attached hydrogen (secondary N) is 1. The van der Waals surface area contributed by atoms with Crippen molar-refractivity contribution in [3.05, 3.63) is 75.8 Å². The van der Waals surface area contributed by atoms with Gasteiger partial charge in [0.2, 0.25) is 0 Å². The summed E-state index contributed by atoms with van der Waals surface area (Å²) in [7, 11) is 0. The molecule has 8 heteroatoms. The lowest BCUT2D eigenvalue weighted by atomic mass is 10.1. The largest absolute Gasteiger partial charge is 0.507 e. The lowest BCUT2D eigenvalue weighted by Crippen LogP contribution is -2.30. The molecule has 1 amide bonds. The van der Waals surface area contributed by atoms with Crippen molar-refractivity contribution in [1.82, 2.24) is 5.43 Å². The fourth-order valence-electron chi connectivity index (χ4n) is 3.81. The minimum absolute atomic E-state index is 0.0410. The number of fused-ring (bicyclic) bond motifs is 1. The molecule has 0 spiro atoms. The van der Waals surface area contributed by atoms with Gasteiger partial charge in [-0.3, -0.25) is 14.9 Å². The number of hydrogen-bond acceptors (Lipinski definition) is 6. The summed E-state index contributed by atoms with van der Waals surface area (Å²) in [4.78, 5) is 25.5. The van der Waals surface area contributed by atoms with Gasteiger partial charge in [0.15, 0.2) is 0 Å². The molecule has 158 valence electrons. The van der Waals surface area contributed by atoms with Crippen molar-refractivity contribution in [2.24, 2.45) is 5.10 Å². The molecule has 1 heterocycles. The summed E-state index contributed by atoms with van der Waals surface area (Å²) >= 11 is 0. The molecule has 0 atom stereocenters. The maximum absolute atomic E-state index is 12.6. The maximum atomic E-state index is 12.6. The Morgan fingerprint density at radius 1 is 1.06 bits per heavy atom. The van der Waals surface area contributed by atoms with Crippen LogP contribution in [0.15, 0.2) is 59.7 Å². The first kappa shape index (κ1) is 20.3. The van der Waals surface area contributed by atoms with Gasteiger partial charge in [-0.05, 0) is 48.2 Å². The third-order valence-electron chi connectivity index (χ3n) is 5.40. The van der Waals surface area contributed by atoms with Gasteiger partial charge in [0.25, 0.3) is 11.6 Å². The van der Waals surface area contributed by atoms with Crippen LogP contribution >= 0.6 is 0 Å². The average Bonchev–Trinajstić information content (AvgIpc) is 2.79. The van der Waals surface area contributed by atoms with Gasteiger partial charge in [0.1, 0.15) is 5.75 Å². The Balaban J connectivity index is 1.57. The molecule has 2 N–H and O–H groups in total. The zero-order chi connectivity index (χ0) is 21.8. The van der Waals surface area contributed by atoms with Gasteiger partial charge < -0.3 is 10.0 Å². The number of carbonyl (C=O) groups is 1. The van der Waals surface area contributed by atoms with E-state index in [1.807, 2.05) is 24.3 Å². The van der Waals surface area contributed by atoms with Crippen LogP contribution < -0.4 is 10.3 Å². The Morgan fingerprint density at radius 2 is 1.77 bits per heavy atom. The number of piperidine rings is 1. The number of amides is 1. The summed E-state index contributed by atoms with van der Waals surface area (Å²) < 4.78 is 0. The second-order valence-corrected chi connectivity index (χ2v) is 7.46. The lowest BCUT2D eigenvalue weighted by Gasteiger charge is -2.29. The molecule has 3 aromatic carbocycles. The fourth-order valence-corrected chi connectivity index (χ4v) is 3.81. The van der Waals surface area contributed by atoms with E-state index in [9.17, 15) is 20.0 Å². The number of benzene rings is 3. The minimum atomic E-state index is -0.565. The molecule has 0 unspecified atom stereocenters. The van der Waals surface area contributed by atoms with Gasteiger partial charge in [-0.15, -0.1) is 0 Å². The second-order valence-electron chi connectivity index (χ2n) is 7.46. The molecular weight excluding hydrogens is 396 g/mol. The van der Waals surface area contributed by atoms with E-state index in [0.29, 0.717) is 5.56 Å².